The lowest BCUT2D eigenvalue weighted by atomic mass is 9.70. The SMILES string of the molecule is CC1(C)c2ccccc2-c2ccc(N(c3ccc(-c4ccccc4)cc3)c3ccc4c(c3)C3(c5ccccc5-c5ccccc53)c3ccc5ccccc5c3-4)cc21.CC1(C)c2ccccc2-c2ccc(Nc3ccc(-c4ccccc4)cc3)cc21.Clc1ccc2c(c1)C1(c3ccccc3-c3ccccc31)c1ccc3ccccc3c1-2. The summed E-state index contributed by atoms with van der Waals surface area (Å²) in [5.41, 5.74) is 41.9. The lowest BCUT2D eigenvalue weighted by Gasteiger charge is -2.32. The van der Waals surface area contributed by atoms with Gasteiger partial charge in [-0.3, -0.25) is 0 Å². The van der Waals surface area contributed by atoms with Gasteiger partial charge >= 0.3 is 0 Å². The van der Waals surface area contributed by atoms with Crippen molar-refractivity contribution in [3.63, 3.8) is 0 Å². The Kier molecular flexibility index (Phi) is 15.6. The fourth-order valence-corrected chi connectivity index (χ4v) is 21.1. The van der Waals surface area contributed by atoms with Gasteiger partial charge in [-0.1, -0.05) is 367 Å². The lowest BCUT2D eigenvalue weighted by Crippen LogP contribution is -2.26. The molecule has 0 aromatic heterocycles. The summed E-state index contributed by atoms with van der Waals surface area (Å²) >= 11 is 6.60. The summed E-state index contributed by atoms with van der Waals surface area (Å²) in [4.78, 5) is 2.48. The van der Waals surface area contributed by atoms with Gasteiger partial charge in [-0.2, -0.15) is 0 Å². The summed E-state index contributed by atoms with van der Waals surface area (Å²) in [6, 6.07) is 147. The normalized spacial score (nSPS) is 14.2. The van der Waals surface area contributed by atoms with Crippen LogP contribution in [0.5, 0.6) is 0 Å². The third-order valence-electron chi connectivity index (χ3n) is 26.1. The molecule has 0 radical (unpaired) electrons. The highest BCUT2D eigenvalue weighted by Gasteiger charge is 2.54. The van der Waals surface area contributed by atoms with Crippen molar-refractivity contribution in [1.29, 1.82) is 0 Å². The quantitative estimate of drug-likeness (QED) is 0.171. The van der Waals surface area contributed by atoms with Crippen molar-refractivity contribution in [2.24, 2.45) is 0 Å². The number of hydrogen-bond donors (Lipinski definition) is 1. The molecule has 24 rings (SSSR count). The molecule has 6 aliphatic carbocycles. The Morgan fingerprint density at radius 1 is 0.217 bits per heavy atom. The first-order valence-corrected chi connectivity index (χ1v) is 40.6. The van der Waals surface area contributed by atoms with Crippen LogP contribution in [0.15, 0.2) is 400 Å². The van der Waals surface area contributed by atoms with Crippen LogP contribution in [0, 0.1) is 0 Å². The number of nitrogens with one attached hydrogen (secondary N) is 1. The number of anilines is 5. The van der Waals surface area contributed by atoms with Crippen molar-refractivity contribution in [3.05, 3.63) is 472 Å². The number of halogens is 1. The van der Waals surface area contributed by atoms with E-state index in [1.54, 1.807) is 0 Å². The smallest absolute Gasteiger partial charge is 0.0726 e. The molecule has 0 saturated heterocycles. The summed E-state index contributed by atoms with van der Waals surface area (Å²) in [6.45, 7) is 9.37. The highest BCUT2D eigenvalue weighted by Crippen LogP contribution is 2.67. The molecule has 0 amide bonds. The highest BCUT2D eigenvalue weighted by molar-refractivity contribution is 6.31. The van der Waals surface area contributed by atoms with Gasteiger partial charge in [-0.25, -0.2) is 0 Å². The van der Waals surface area contributed by atoms with E-state index in [0.717, 1.165) is 33.5 Å². The van der Waals surface area contributed by atoms with Gasteiger partial charge in [0.25, 0.3) is 0 Å². The molecule has 0 bridgehead atoms. The largest absolute Gasteiger partial charge is 0.356 e. The van der Waals surface area contributed by atoms with Crippen molar-refractivity contribution in [2.75, 3.05) is 10.2 Å². The first kappa shape index (κ1) is 68.2. The maximum Gasteiger partial charge on any atom is 0.0726 e. The number of hydrogen-bond acceptors (Lipinski definition) is 2. The zero-order valence-corrected chi connectivity index (χ0v) is 65.2. The van der Waals surface area contributed by atoms with Crippen LogP contribution in [0.4, 0.5) is 28.4 Å². The molecule has 0 saturated carbocycles. The van der Waals surface area contributed by atoms with E-state index >= 15 is 0 Å². The van der Waals surface area contributed by atoms with Gasteiger partial charge in [-0.15, -0.1) is 0 Å². The molecule has 18 aromatic rings. The Morgan fingerprint density at radius 3 is 1.01 bits per heavy atom. The molecule has 2 spiro atoms. The minimum atomic E-state index is -0.456. The van der Waals surface area contributed by atoms with Gasteiger partial charge in [-0.05, 0) is 250 Å². The fraction of sp³-hybridized carbons (Fsp3) is 0.0714. The van der Waals surface area contributed by atoms with E-state index in [-0.39, 0.29) is 16.2 Å². The van der Waals surface area contributed by atoms with Crippen LogP contribution in [0.1, 0.15) is 94.5 Å². The van der Waals surface area contributed by atoms with Crippen LogP contribution >= 0.6 is 11.6 Å². The van der Waals surface area contributed by atoms with Crippen molar-refractivity contribution in [3.8, 4) is 89.0 Å². The fourth-order valence-electron chi connectivity index (χ4n) is 21.0. The molecule has 2 nitrogen and oxygen atoms in total. The number of nitrogens with zero attached hydrogens (tertiary/aromatic N) is 1. The van der Waals surface area contributed by atoms with Crippen molar-refractivity contribution in [1.82, 2.24) is 0 Å². The molecule has 0 heterocycles. The van der Waals surface area contributed by atoms with E-state index in [4.69, 9.17) is 11.6 Å². The van der Waals surface area contributed by atoms with E-state index in [1.165, 1.54) is 177 Å². The zero-order chi connectivity index (χ0) is 76.9. The van der Waals surface area contributed by atoms with Gasteiger partial charge in [0.1, 0.15) is 0 Å². The standard InChI is InChI=1S/C56H39N.C29H17Cl.C27H23N/c1-55(2)48-21-11-8-18-43(48)46-31-29-40(34-52(46)55)57(39-27-24-37(25-28-39)36-14-4-3-5-15-36)41-30-32-47-53(35-41)56(51-33-26-38-16-6-7-17-42(38)54(47)51)49-22-12-9-19-44(49)45-20-10-13-23-50(45)56;30-19-14-15-23-27(17-19)29(26-16-13-18-7-1-2-8-20(18)28(23)26)24-11-5-3-9-21(24)22-10-4-6-12-25(22)29;1-27(2)25-11-7-6-10-23(25)24-17-16-22(18-26(24)27)28-21-14-12-20(13-15-21)19-8-4-3-5-9-19/h3-35H,1-2H3;1-17H;3-18,28H,1-2H3. The number of rotatable bonds is 7. The van der Waals surface area contributed by atoms with E-state index < -0.39 is 5.41 Å². The Hall–Kier alpha value is -13.6. The number of fused-ring (bicyclic) bond motifs is 30. The molecule has 1 N–H and O–H groups in total. The second-order valence-corrected chi connectivity index (χ2v) is 33.1. The Bertz CT molecular complexity index is 6910. The van der Waals surface area contributed by atoms with Gasteiger partial charge < -0.3 is 10.2 Å². The third kappa shape index (κ3) is 10.2. The summed E-state index contributed by atoms with van der Waals surface area (Å²) in [5.74, 6) is 0. The molecule has 0 atom stereocenters. The van der Waals surface area contributed by atoms with Gasteiger partial charge in [0.15, 0.2) is 0 Å². The Labute approximate surface area is 677 Å². The molecular weight excluding hydrogens is 1410 g/mol. The summed E-state index contributed by atoms with van der Waals surface area (Å²) in [6.07, 6.45) is 0. The molecular formula is C112H79ClN2. The van der Waals surface area contributed by atoms with Crippen LogP contribution < -0.4 is 10.2 Å². The molecule has 544 valence electrons. The molecule has 6 aliphatic rings. The molecule has 18 aromatic carbocycles. The van der Waals surface area contributed by atoms with Crippen LogP contribution in [-0.4, -0.2) is 0 Å². The van der Waals surface area contributed by atoms with Crippen LogP contribution in [0.3, 0.4) is 0 Å². The van der Waals surface area contributed by atoms with E-state index in [9.17, 15) is 0 Å². The average Bonchev–Trinajstić information content (AvgIpc) is 1.51. The topological polar surface area (TPSA) is 15.3 Å². The molecule has 115 heavy (non-hydrogen) atoms. The first-order valence-electron chi connectivity index (χ1n) is 40.2. The minimum absolute atomic E-state index is 0.0286. The van der Waals surface area contributed by atoms with Crippen LogP contribution in [0.2, 0.25) is 5.02 Å². The highest BCUT2D eigenvalue weighted by atomic mass is 35.5. The second-order valence-electron chi connectivity index (χ2n) is 32.7. The van der Waals surface area contributed by atoms with Crippen molar-refractivity contribution < 1.29 is 0 Å². The average molecular weight is 1490 g/mol. The van der Waals surface area contributed by atoms with Crippen molar-refractivity contribution in [2.45, 2.75) is 49.4 Å². The molecule has 3 heteroatoms. The molecule has 0 aliphatic heterocycles. The predicted octanol–water partition coefficient (Wildman–Crippen LogP) is 29.9. The maximum atomic E-state index is 6.60. The third-order valence-corrected chi connectivity index (χ3v) is 26.3. The van der Waals surface area contributed by atoms with Crippen molar-refractivity contribution >= 4 is 61.6 Å². The monoisotopic (exact) mass is 1490 g/mol. The zero-order valence-electron chi connectivity index (χ0n) is 64.4. The number of benzene rings is 18. The van der Waals surface area contributed by atoms with Crippen LogP contribution in [0.25, 0.3) is 111 Å². The van der Waals surface area contributed by atoms with E-state index in [1.807, 2.05) is 12.1 Å². The summed E-state index contributed by atoms with van der Waals surface area (Å²) < 4.78 is 0. The Morgan fingerprint density at radius 2 is 0.539 bits per heavy atom. The lowest BCUT2D eigenvalue weighted by molar-refractivity contribution is 0.660. The molecule has 0 unspecified atom stereocenters. The summed E-state index contributed by atoms with van der Waals surface area (Å²) in [7, 11) is 0. The second kappa shape index (κ2) is 26.2. The maximum absolute atomic E-state index is 6.60. The van der Waals surface area contributed by atoms with Gasteiger partial charge in [0.05, 0.1) is 10.8 Å². The van der Waals surface area contributed by atoms with Crippen LogP contribution in [-0.2, 0) is 21.7 Å². The first-order chi connectivity index (χ1) is 56.5. The predicted molar refractivity (Wildman–Crippen MR) is 482 cm³/mol. The Balaban J connectivity index is 0.000000116. The van der Waals surface area contributed by atoms with E-state index in [0.29, 0.717) is 0 Å². The molecule has 0 fully saturated rings. The minimum Gasteiger partial charge on any atom is -0.356 e. The van der Waals surface area contributed by atoms with Gasteiger partial charge in [0.2, 0.25) is 0 Å². The summed E-state index contributed by atoms with van der Waals surface area (Å²) in [5, 5.41) is 9.51. The van der Waals surface area contributed by atoms with Gasteiger partial charge in [0, 0.05) is 44.3 Å². The van der Waals surface area contributed by atoms with E-state index in [2.05, 4.69) is 426 Å².